The van der Waals surface area contributed by atoms with Gasteiger partial charge in [0.05, 0.1) is 6.61 Å². The van der Waals surface area contributed by atoms with Crippen LogP contribution in [0, 0.1) is 0 Å². The Kier molecular flexibility index (Phi) is 4.29. The molecule has 2 heterocycles. The second-order valence-electron chi connectivity index (χ2n) is 3.70. The van der Waals surface area contributed by atoms with E-state index in [-0.39, 0.29) is 16.9 Å². The third-order valence-corrected chi connectivity index (χ3v) is 4.45. The molecular formula is C10H11BrN2O3S2. The Labute approximate surface area is 122 Å². The van der Waals surface area contributed by atoms with Crippen LogP contribution in [0.1, 0.15) is 23.8 Å². The monoisotopic (exact) mass is 350 g/mol. The number of esters is 1. The van der Waals surface area contributed by atoms with Crippen molar-refractivity contribution in [2.45, 2.75) is 18.6 Å². The molecule has 0 aromatic carbocycles. The molecule has 1 saturated heterocycles. The van der Waals surface area contributed by atoms with E-state index in [1.807, 2.05) is 0 Å². The molecule has 98 valence electrons. The molecule has 1 atom stereocenters. The van der Waals surface area contributed by atoms with Gasteiger partial charge in [0.25, 0.3) is 0 Å². The molecule has 0 bridgehead atoms. The molecule has 2 rings (SSSR count). The van der Waals surface area contributed by atoms with E-state index in [0.717, 1.165) is 0 Å². The molecular weight excluding hydrogens is 340 g/mol. The summed E-state index contributed by atoms with van der Waals surface area (Å²) in [4.78, 5) is 29.0. The van der Waals surface area contributed by atoms with Crippen LogP contribution in [0.2, 0.25) is 0 Å². The fourth-order valence-electron chi connectivity index (χ4n) is 1.61. The van der Waals surface area contributed by atoms with Crippen molar-refractivity contribution >= 4 is 56.9 Å². The zero-order valence-corrected chi connectivity index (χ0v) is 12.8. The van der Waals surface area contributed by atoms with Gasteiger partial charge in [-0.3, -0.25) is 9.69 Å². The molecule has 0 saturated carbocycles. The second-order valence-corrected chi connectivity index (χ2v) is 6.73. The number of thiazole rings is 1. The summed E-state index contributed by atoms with van der Waals surface area (Å²) in [5.41, 5.74) is 0.215. The van der Waals surface area contributed by atoms with Crippen LogP contribution in [-0.4, -0.2) is 35.3 Å². The number of halogens is 1. The molecule has 1 fully saturated rings. The van der Waals surface area contributed by atoms with E-state index in [9.17, 15) is 9.59 Å². The largest absolute Gasteiger partial charge is 0.461 e. The minimum absolute atomic E-state index is 0.0196. The van der Waals surface area contributed by atoms with Gasteiger partial charge in [-0.1, -0.05) is 11.3 Å². The minimum atomic E-state index is -0.485. The number of ether oxygens (including phenoxy) is 1. The number of amides is 1. The lowest BCUT2D eigenvalue weighted by Gasteiger charge is -2.10. The van der Waals surface area contributed by atoms with Crippen LogP contribution in [0.25, 0.3) is 0 Å². The Morgan fingerprint density at radius 1 is 1.72 bits per heavy atom. The van der Waals surface area contributed by atoms with Gasteiger partial charge < -0.3 is 4.74 Å². The highest BCUT2D eigenvalue weighted by atomic mass is 79.9. The maximum Gasteiger partial charge on any atom is 0.359 e. The summed E-state index contributed by atoms with van der Waals surface area (Å²) in [6, 6.07) is 0. The van der Waals surface area contributed by atoms with Crippen molar-refractivity contribution in [1.29, 1.82) is 0 Å². The van der Waals surface area contributed by atoms with Crippen molar-refractivity contribution in [3.05, 3.63) is 9.48 Å². The first-order valence-corrected chi connectivity index (χ1v) is 7.47. The van der Waals surface area contributed by atoms with Crippen LogP contribution in [0.15, 0.2) is 3.79 Å². The van der Waals surface area contributed by atoms with Crippen molar-refractivity contribution in [2.24, 2.45) is 0 Å². The van der Waals surface area contributed by atoms with Crippen molar-refractivity contribution in [3.8, 4) is 0 Å². The Balaban J connectivity index is 2.23. The van der Waals surface area contributed by atoms with Gasteiger partial charge in [0.1, 0.15) is 3.79 Å². The average Bonchev–Trinajstić information content (AvgIpc) is 2.82. The lowest BCUT2D eigenvalue weighted by atomic mass is 10.4. The van der Waals surface area contributed by atoms with Crippen molar-refractivity contribution < 1.29 is 14.3 Å². The molecule has 8 heteroatoms. The molecule has 1 aliphatic heterocycles. The molecule has 0 spiro atoms. The number of anilines is 1. The summed E-state index contributed by atoms with van der Waals surface area (Å²) in [6.45, 7) is 2.54. The third kappa shape index (κ3) is 2.70. The van der Waals surface area contributed by atoms with E-state index < -0.39 is 5.97 Å². The predicted molar refractivity (Wildman–Crippen MR) is 75.5 cm³/mol. The first kappa shape index (κ1) is 13.8. The Morgan fingerprint density at radius 2 is 2.44 bits per heavy atom. The summed E-state index contributed by atoms with van der Waals surface area (Å²) in [7, 11) is 0. The highest BCUT2D eigenvalue weighted by Gasteiger charge is 2.31. The van der Waals surface area contributed by atoms with Gasteiger partial charge in [-0.25, -0.2) is 9.78 Å². The van der Waals surface area contributed by atoms with E-state index >= 15 is 0 Å². The first-order valence-electron chi connectivity index (χ1n) is 5.34. The highest BCUT2D eigenvalue weighted by Crippen LogP contribution is 2.34. The second kappa shape index (κ2) is 5.58. The average molecular weight is 351 g/mol. The molecule has 0 aliphatic carbocycles. The molecule has 5 nitrogen and oxygen atoms in total. The maximum atomic E-state index is 11.7. The van der Waals surface area contributed by atoms with E-state index in [0.29, 0.717) is 28.5 Å². The molecule has 1 aromatic rings. The van der Waals surface area contributed by atoms with Crippen molar-refractivity contribution in [3.63, 3.8) is 0 Å². The first-order chi connectivity index (χ1) is 8.52. The highest BCUT2D eigenvalue weighted by molar-refractivity contribution is 9.11. The summed E-state index contributed by atoms with van der Waals surface area (Å²) >= 11 is 8.79. The van der Waals surface area contributed by atoms with Gasteiger partial charge >= 0.3 is 5.97 Å². The smallest absolute Gasteiger partial charge is 0.359 e. The Bertz CT molecular complexity index is 491. The van der Waals surface area contributed by atoms with Crippen LogP contribution >= 0.6 is 39.9 Å². The van der Waals surface area contributed by atoms with Gasteiger partial charge in [0, 0.05) is 18.2 Å². The normalized spacial score (nSPS) is 19.4. The number of nitrogens with zero attached hydrogens (tertiary/aromatic N) is 2. The van der Waals surface area contributed by atoms with Crippen LogP contribution < -0.4 is 4.90 Å². The van der Waals surface area contributed by atoms with Crippen LogP contribution in [-0.2, 0) is 9.53 Å². The van der Waals surface area contributed by atoms with Crippen molar-refractivity contribution in [1.82, 2.24) is 4.98 Å². The van der Waals surface area contributed by atoms with Gasteiger partial charge in [-0.15, -0.1) is 0 Å². The van der Waals surface area contributed by atoms with Crippen LogP contribution in [0.3, 0.4) is 0 Å². The predicted octanol–water partition coefficient (Wildman–Crippen LogP) is 2.12. The summed E-state index contributed by atoms with van der Waals surface area (Å²) in [5, 5.41) is 0.526. The van der Waals surface area contributed by atoms with Crippen LogP contribution in [0.5, 0.6) is 0 Å². The van der Waals surface area contributed by atoms with E-state index in [4.69, 9.17) is 4.74 Å². The SMILES string of the molecule is CCOC(=O)c1nc(N2CC(S)CC2=O)sc1Br. The maximum absolute atomic E-state index is 11.7. The topological polar surface area (TPSA) is 59.5 Å². The number of hydrogen-bond donors (Lipinski definition) is 1. The third-order valence-electron chi connectivity index (χ3n) is 2.38. The summed E-state index contributed by atoms with van der Waals surface area (Å²) in [5.74, 6) is -0.507. The van der Waals surface area contributed by atoms with Crippen molar-refractivity contribution in [2.75, 3.05) is 18.1 Å². The number of aromatic nitrogens is 1. The van der Waals surface area contributed by atoms with E-state index in [1.54, 1.807) is 11.8 Å². The number of carbonyl (C=O) groups is 2. The fraction of sp³-hybridized carbons (Fsp3) is 0.500. The number of thiol groups is 1. The van der Waals surface area contributed by atoms with Gasteiger partial charge in [0.15, 0.2) is 10.8 Å². The van der Waals surface area contributed by atoms with Crippen LogP contribution in [0.4, 0.5) is 5.13 Å². The minimum Gasteiger partial charge on any atom is -0.461 e. The number of rotatable bonds is 3. The Morgan fingerprint density at radius 3 is 3.00 bits per heavy atom. The van der Waals surface area contributed by atoms with E-state index in [1.165, 1.54) is 11.3 Å². The molecule has 1 amide bonds. The fourth-order valence-corrected chi connectivity index (χ4v) is 3.42. The zero-order chi connectivity index (χ0) is 13.3. The number of carbonyl (C=O) groups excluding carboxylic acids is 2. The quantitative estimate of drug-likeness (QED) is 0.670. The summed E-state index contributed by atoms with van der Waals surface area (Å²) < 4.78 is 5.46. The van der Waals surface area contributed by atoms with Gasteiger partial charge in [-0.2, -0.15) is 12.6 Å². The molecule has 0 N–H and O–H groups in total. The zero-order valence-electron chi connectivity index (χ0n) is 9.55. The molecule has 0 radical (unpaired) electrons. The molecule has 1 aliphatic rings. The van der Waals surface area contributed by atoms with Gasteiger partial charge in [0.2, 0.25) is 5.91 Å². The summed E-state index contributed by atoms with van der Waals surface area (Å²) in [6.07, 6.45) is 0.398. The Hall–Kier alpha value is -0.600. The van der Waals surface area contributed by atoms with E-state index in [2.05, 4.69) is 33.5 Å². The molecule has 1 aromatic heterocycles. The lowest BCUT2D eigenvalue weighted by molar-refractivity contribution is -0.117. The molecule has 18 heavy (non-hydrogen) atoms. The standard InChI is InChI=1S/C10H11BrN2O3S2/c1-2-16-9(15)7-8(11)18-10(12-7)13-4-5(17)3-6(13)14/h5,17H,2-4H2,1H3. The lowest BCUT2D eigenvalue weighted by Crippen LogP contribution is -2.24. The molecule has 1 unspecified atom stereocenters. The van der Waals surface area contributed by atoms with Gasteiger partial charge in [-0.05, 0) is 22.9 Å². The number of hydrogen-bond acceptors (Lipinski definition) is 6.